The van der Waals surface area contributed by atoms with Gasteiger partial charge in [-0.2, -0.15) is 0 Å². The summed E-state index contributed by atoms with van der Waals surface area (Å²) in [7, 11) is 1.73. The molecule has 0 saturated carbocycles. The van der Waals surface area contributed by atoms with Gasteiger partial charge in [0.1, 0.15) is 6.10 Å². The molecular weight excluding hydrogens is 467 g/mol. The van der Waals surface area contributed by atoms with Crippen LogP contribution in [0, 0.1) is 0 Å². The molecule has 2 aromatic rings. The third-order valence-electron chi connectivity index (χ3n) is 4.61. The molecule has 1 aromatic carbocycles. The molecule has 1 N–H and O–H groups in total. The van der Waals surface area contributed by atoms with Crippen molar-refractivity contribution in [3.05, 3.63) is 54.4 Å². The number of piperazine rings is 1. The fraction of sp³-hybridized carbons (Fsp3) is 0.450. The van der Waals surface area contributed by atoms with Gasteiger partial charge in [-0.25, -0.2) is 9.97 Å². The fourth-order valence-corrected chi connectivity index (χ4v) is 3.15. The Kier molecular flexibility index (Phi) is 9.42. The van der Waals surface area contributed by atoms with Crippen LogP contribution in [0.1, 0.15) is 18.6 Å². The first-order valence-corrected chi connectivity index (χ1v) is 9.44. The lowest BCUT2D eigenvalue weighted by Crippen LogP contribution is -2.53. The average molecular weight is 496 g/mol. The van der Waals surface area contributed by atoms with Crippen molar-refractivity contribution in [1.29, 1.82) is 0 Å². The maximum Gasteiger partial charge on any atom is 0.225 e. The summed E-state index contributed by atoms with van der Waals surface area (Å²) in [6.45, 7) is 7.03. The number of aliphatic imine (C=N–C) groups is 1. The number of nitrogens with one attached hydrogen (secondary N) is 1. The van der Waals surface area contributed by atoms with Gasteiger partial charge < -0.3 is 19.9 Å². The normalized spacial score (nSPS) is 15.7. The Balaban J connectivity index is 0.00000280. The van der Waals surface area contributed by atoms with Crippen LogP contribution in [-0.4, -0.2) is 67.2 Å². The minimum Gasteiger partial charge on any atom is -0.375 e. The van der Waals surface area contributed by atoms with Crippen LogP contribution in [-0.2, 0) is 4.74 Å². The zero-order valence-electron chi connectivity index (χ0n) is 16.5. The van der Waals surface area contributed by atoms with Gasteiger partial charge in [-0.05, 0) is 18.6 Å². The van der Waals surface area contributed by atoms with Crippen molar-refractivity contribution in [3.63, 3.8) is 0 Å². The Morgan fingerprint density at radius 2 is 1.79 bits per heavy atom. The number of ether oxygens (including phenoxy) is 1. The van der Waals surface area contributed by atoms with E-state index in [1.54, 1.807) is 19.5 Å². The predicted molar refractivity (Wildman–Crippen MR) is 123 cm³/mol. The monoisotopic (exact) mass is 496 g/mol. The highest BCUT2D eigenvalue weighted by molar-refractivity contribution is 14.0. The van der Waals surface area contributed by atoms with Crippen LogP contribution in [0.4, 0.5) is 5.95 Å². The highest BCUT2D eigenvalue weighted by atomic mass is 127. The number of aromatic nitrogens is 2. The predicted octanol–water partition coefficient (Wildman–Crippen LogP) is 2.57. The van der Waals surface area contributed by atoms with Crippen LogP contribution in [0.2, 0.25) is 0 Å². The number of rotatable bonds is 6. The molecule has 1 aliphatic heterocycles. The second kappa shape index (κ2) is 11.8. The zero-order chi connectivity index (χ0) is 18.9. The SMILES string of the molecule is CCNC(=NCC(OC)c1ccccc1)N1CCN(c2ncccn2)CC1.I. The number of hydrogen-bond acceptors (Lipinski definition) is 5. The van der Waals surface area contributed by atoms with Crippen LogP contribution >= 0.6 is 24.0 Å². The number of halogens is 1. The van der Waals surface area contributed by atoms with E-state index in [1.807, 2.05) is 24.3 Å². The molecule has 0 radical (unpaired) electrons. The molecule has 1 aliphatic rings. The molecule has 1 fully saturated rings. The summed E-state index contributed by atoms with van der Waals surface area (Å²) in [5, 5.41) is 3.41. The van der Waals surface area contributed by atoms with Gasteiger partial charge in [0.15, 0.2) is 5.96 Å². The molecule has 0 amide bonds. The van der Waals surface area contributed by atoms with E-state index in [4.69, 9.17) is 9.73 Å². The number of methoxy groups -OCH3 is 1. The molecule has 1 atom stereocenters. The van der Waals surface area contributed by atoms with E-state index in [1.165, 1.54) is 0 Å². The molecule has 1 saturated heterocycles. The fourth-order valence-electron chi connectivity index (χ4n) is 3.15. The molecule has 28 heavy (non-hydrogen) atoms. The Hall–Kier alpha value is -1.94. The van der Waals surface area contributed by atoms with Gasteiger partial charge in [0.05, 0.1) is 6.54 Å². The third kappa shape index (κ3) is 6.03. The lowest BCUT2D eigenvalue weighted by molar-refractivity contribution is 0.110. The first-order chi connectivity index (χ1) is 13.3. The van der Waals surface area contributed by atoms with Crippen LogP contribution in [0.5, 0.6) is 0 Å². The second-order valence-corrected chi connectivity index (χ2v) is 6.35. The molecule has 2 heterocycles. The van der Waals surface area contributed by atoms with E-state index in [0.717, 1.165) is 50.2 Å². The van der Waals surface area contributed by atoms with Crippen molar-refractivity contribution < 1.29 is 4.74 Å². The smallest absolute Gasteiger partial charge is 0.225 e. The minimum absolute atomic E-state index is 0. The molecule has 0 aliphatic carbocycles. The first kappa shape index (κ1) is 22.4. The lowest BCUT2D eigenvalue weighted by Gasteiger charge is -2.36. The summed E-state index contributed by atoms with van der Waals surface area (Å²) in [5.41, 5.74) is 1.14. The van der Waals surface area contributed by atoms with Crippen molar-refractivity contribution in [2.75, 3.05) is 51.3 Å². The highest BCUT2D eigenvalue weighted by Crippen LogP contribution is 2.17. The number of nitrogens with zero attached hydrogens (tertiary/aromatic N) is 5. The summed E-state index contributed by atoms with van der Waals surface area (Å²) < 4.78 is 5.65. The van der Waals surface area contributed by atoms with Crippen LogP contribution in [0.25, 0.3) is 0 Å². The second-order valence-electron chi connectivity index (χ2n) is 6.35. The van der Waals surface area contributed by atoms with E-state index in [2.05, 4.69) is 44.1 Å². The lowest BCUT2D eigenvalue weighted by atomic mass is 10.1. The van der Waals surface area contributed by atoms with Gasteiger partial charge in [0, 0.05) is 52.2 Å². The summed E-state index contributed by atoms with van der Waals surface area (Å²) >= 11 is 0. The van der Waals surface area contributed by atoms with Crippen molar-refractivity contribution in [2.45, 2.75) is 13.0 Å². The average Bonchev–Trinajstić information content (AvgIpc) is 2.75. The Bertz CT molecular complexity index is 707. The molecule has 1 unspecified atom stereocenters. The maximum atomic E-state index is 5.65. The number of hydrogen-bond donors (Lipinski definition) is 1. The molecule has 8 heteroatoms. The summed E-state index contributed by atoms with van der Waals surface area (Å²) in [4.78, 5) is 18.0. The quantitative estimate of drug-likeness (QED) is 0.377. The largest absolute Gasteiger partial charge is 0.375 e. The van der Waals surface area contributed by atoms with Crippen molar-refractivity contribution in [1.82, 2.24) is 20.2 Å². The summed E-state index contributed by atoms with van der Waals surface area (Å²) in [5.74, 6) is 1.73. The summed E-state index contributed by atoms with van der Waals surface area (Å²) in [6.07, 6.45) is 3.53. The molecular formula is C20H29IN6O. The van der Waals surface area contributed by atoms with E-state index < -0.39 is 0 Å². The molecule has 0 bridgehead atoms. The van der Waals surface area contributed by atoms with E-state index >= 15 is 0 Å². The highest BCUT2D eigenvalue weighted by Gasteiger charge is 2.21. The third-order valence-corrected chi connectivity index (χ3v) is 4.61. The molecule has 152 valence electrons. The minimum atomic E-state index is -0.0427. The molecule has 0 spiro atoms. The zero-order valence-corrected chi connectivity index (χ0v) is 18.8. The van der Waals surface area contributed by atoms with Crippen molar-refractivity contribution in [3.8, 4) is 0 Å². The van der Waals surface area contributed by atoms with Gasteiger partial charge in [-0.15, -0.1) is 24.0 Å². The Morgan fingerprint density at radius 1 is 1.11 bits per heavy atom. The topological polar surface area (TPSA) is 65.9 Å². The van der Waals surface area contributed by atoms with Gasteiger partial charge in [-0.3, -0.25) is 4.99 Å². The Labute approximate surface area is 184 Å². The van der Waals surface area contributed by atoms with Gasteiger partial charge in [0.25, 0.3) is 0 Å². The van der Waals surface area contributed by atoms with Crippen LogP contribution in [0.3, 0.4) is 0 Å². The van der Waals surface area contributed by atoms with Crippen LogP contribution in [0.15, 0.2) is 53.8 Å². The summed E-state index contributed by atoms with van der Waals surface area (Å²) in [6, 6.07) is 12.1. The maximum absolute atomic E-state index is 5.65. The van der Waals surface area contributed by atoms with Crippen molar-refractivity contribution >= 4 is 35.9 Å². The molecule has 1 aromatic heterocycles. The Morgan fingerprint density at radius 3 is 2.39 bits per heavy atom. The van der Waals surface area contributed by atoms with E-state index in [9.17, 15) is 0 Å². The van der Waals surface area contributed by atoms with E-state index in [0.29, 0.717) is 6.54 Å². The number of guanidine groups is 1. The first-order valence-electron chi connectivity index (χ1n) is 9.44. The molecule has 3 rings (SSSR count). The van der Waals surface area contributed by atoms with Gasteiger partial charge in [-0.1, -0.05) is 30.3 Å². The number of benzene rings is 1. The van der Waals surface area contributed by atoms with E-state index in [-0.39, 0.29) is 30.1 Å². The molecule has 7 nitrogen and oxygen atoms in total. The van der Waals surface area contributed by atoms with Gasteiger partial charge >= 0.3 is 0 Å². The standard InChI is InChI=1S/C20H28N6O.HI/c1-3-21-19(24-16-18(27-2)17-8-5-4-6-9-17)25-12-14-26(15-13-25)20-22-10-7-11-23-20;/h4-11,18H,3,12-16H2,1-2H3,(H,21,24);1H. The van der Waals surface area contributed by atoms with Crippen molar-refractivity contribution in [2.24, 2.45) is 4.99 Å². The van der Waals surface area contributed by atoms with Gasteiger partial charge in [0.2, 0.25) is 5.95 Å². The van der Waals surface area contributed by atoms with Crippen LogP contribution < -0.4 is 10.2 Å². The number of anilines is 1.